The van der Waals surface area contributed by atoms with Gasteiger partial charge >= 0.3 is 5.97 Å². The Labute approximate surface area is 195 Å². The number of benzene rings is 2. The molecule has 166 valence electrons. The van der Waals surface area contributed by atoms with Crippen LogP contribution in [0.1, 0.15) is 32.9 Å². The third-order valence-corrected chi connectivity index (χ3v) is 6.67. The SMILES string of the molecule is Cc1ccc(-c2nc(COC(=O)[C@@H]3Cc4ccccc4CN3C(=O)c3ccco3)cs2)cc1. The Kier molecular flexibility index (Phi) is 5.79. The molecule has 0 saturated heterocycles. The molecule has 0 bridgehead atoms. The van der Waals surface area contributed by atoms with Gasteiger partial charge in [0.1, 0.15) is 17.7 Å². The Morgan fingerprint density at radius 1 is 1.09 bits per heavy atom. The molecular formula is C26H22N2O4S. The second-order valence-electron chi connectivity index (χ2n) is 8.02. The highest BCUT2D eigenvalue weighted by atomic mass is 32.1. The highest BCUT2D eigenvalue weighted by Gasteiger charge is 2.37. The van der Waals surface area contributed by atoms with Crippen molar-refractivity contribution < 1.29 is 18.7 Å². The molecule has 1 aliphatic rings. The minimum absolute atomic E-state index is 0.0577. The van der Waals surface area contributed by atoms with Gasteiger partial charge < -0.3 is 14.1 Å². The van der Waals surface area contributed by atoms with Crippen molar-refractivity contribution in [2.45, 2.75) is 32.5 Å². The summed E-state index contributed by atoms with van der Waals surface area (Å²) in [5.74, 6) is -0.574. The van der Waals surface area contributed by atoms with Crippen LogP contribution >= 0.6 is 11.3 Å². The molecule has 4 aromatic rings. The molecule has 0 radical (unpaired) electrons. The summed E-state index contributed by atoms with van der Waals surface area (Å²) in [6.07, 6.45) is 1.85. The van der Waals surface area contributed by atoms with Gasteiger partial charge in [0, 0.05) is 23.9 Å². The Morgan fingerprint density at radius 2 is 1.88 bits per heavy atom. The van der Waals surface area contributed by atoms with Gasteiger partial charge in [-0.3, -0.25) is 4.79 Å². The van der Waals surface area contributed by atoms with E-state index in [9.17, 15) is 9.59 Å². The first-order valence-corrected chi connectivity index (χ1v) is 11.6. The van der Waals surface area contributed by atoms with Crippen LogP contribution in [-0.4, -0.2) is 27.8 Å². The van der Waals surface area contributed by atoms with E-state index in [0.717, 1.165) is 21.7 Å². The number of carbonyl (C=O) groups is 2. The van der Waals surface area contributed by atoms with Crippen LogP contribution in [-0.2, 0) is 29.1 Å². The number of esters is 1. The molecule has 0 unspecified atom stereocenters. The number of thiazole rings is 1. The van der Waals surface area contributed by atoms with E-state index in [1.165, 1.54) is 28.1 Å². The fraction of sp³-hybridized carbons (Fsp3) is 0.192. The maximum absolute atomic E-state index is 13.1. The fourth-order valence-corrected chi connectivity index (χ4v) is 4.74. The van der Waals surface area contributed by atoms with Crippen molar-refractivity contribution in [3.63, 3.8) is 0 Å². The summed E-state index contributed by atoms with van der Waals surface area (Å²) in [6.45, 7) is 2.42. The van der Waals surface area contributed by atoms with Gasteiger partial charge in [0.15, 0.2) is 5.76 Å². The van der Waals surface area contributed by atoms with E-state index in [4.69, 9.17) is 9.15 Å². The van der Waals surface area contributed by atoms with Gasteiger partial charge in [0.05, 0.1) is 12.0 Å². The first kappa shape index (κ1) is 21.2. The summed E-state index contributed by atoms with van der Waals surface area (Å²) in [7, 11) is 0. The quantitative estimate of drug-likeness (QED) is 0.393. The smallest absolute Gasteiger partial charge is 0.329 e. The number of aryl methyl sites for hydroxylation is 1. The van der Waals surface area contributed by atoms with Gasteiger partial charge in [0.2, 0.25) is 0 Å². The van der Waals surface area contributed by atoms with Crippen LogP contribution in [0.4, 0.5) is 0 Å². The number of hydrogen-bond donors (Lipinski definition) is 0. The number of fused-ring (bicyclic) bond motifs is 1. The molecule has 33 heavy (non-hydrogen) atoms. The summed E-state index contributed by atoms with van der Waals surface area (Å²) in [4.78, 5) is 32.3. The van der Waals surface area contributed by atoms with Gasteiger partial charge in [-0.2, -0.15) is 0 Å². The normalized spacial score (nSPS) is 15.2. The van der Waals surface area contributed by atoms with E-state index in [2.05, 4.69) is 4.98 Å². The standard InChI is InChI=1S/C26H22N2O4S/c1-17-8-10-18(11-9-17)24-27-21(16-33-24)15-32-26(30)22-13-19-5-2-3-6-20(19)14-28(22)25(29)23-7-4-12-31-23/h2-12,16,22H,13-15H2,1H3/t22-/m0/s1. The van der Waals surface area contributed by atoms with Crippen molar-refractivity contribution in [2.75, 3.05) is 0 Å². The zero-order valence-electron chi connectivity index (χ0n) is 18.1. The summed E-state index contributed by atoms with van der Waals surface area (Å²) in [5, 5.41) is 2.77. The van der Waals surface area contributed by atoms with Gasteiger partial charge in [-0.15, -0.1) is 11.3 Å². The van der Waals surface area contributed by atoms with E-state index >= 15 is 0 Å². The van der Waals surface area contributed by atoms with Crippen LogP contribution in [0.25, 0.3) is 10.6 Å². The van der Waals surface area contributed by atoms with E-state index in [-0.39, 0.29) is 18.3 Å². The molecule has 0 N–H and O–H groups in total. The summed E-state index contributed by atoms with van der Waals surface area (Å²) < 4.78 is 10.9. The first-order chi connectivity index (χ1) is 16.1. The zero-order chi connectivity index (χ0) is 22.8. The lowest BCUT2D eigenvalue weighted by atomic mass is 9.93. The Bertz CT molecular complexity index is 1280. The van der Waals surface area contributed by atoms with Crippen molar-refractivity contribution >= 4 is 23.2 Å². The third kappa shape index (κ3) is 4.45. The largest absolute Gasteiger partial charge is 0.459 e. The van der Waals surface area contributed by atoms with Crippen molar-refractivity contribution in [2.24, 2.45) is 0 Å². The number of carbonyl (C=O) groups excluding carboxylic acids is 2. The van der Waals surface area contributed by atoms with Crippen molar-refractivity contribution in [3.05, 3.63) is 100 Å². The monoisotopic (exact) mass is 458 g/mol. The minimum atomic E-state index is -0.729. The average molecular weight is 459 g/mol. The fourth-order valence-electron chi connectivity index (χ4n) is 3.93. The molecule has 1 amide bonds. The van der Waals surface area contributed by atoms with Gasteiger partial charge in [-0.25, -0.2) is 9.78 Å². The number of nitrogens with zero attached hydrogens (tertiary/aromatic N) is 2. The lowest BCUT2D eigenvalue weighted by Gasteiger charge is -2.34. The highest BCUT2D eigenvalue weighted by Crippen LogP contribution is 2.27. The predicted molar refractivity (Wildman–Crippen MR) is 125 cm³/mol. The zero-order valence-corrected chi connectivity index (χ0v) is 18.9. The molecule has 3 heterocycles. The minimum Gasteiger partial charge on any atom is -0.459 e. The molecule has 2 aromatic heterocycles. The van der Waals surface area contributed by atoms with E-state index < -0.39 is 12.0 Å². The average Bonchev–Trinajstić information content (AvgIpc) is 3.54. The molecule has 0 saturated carbocycles. The van der Waals surface area contributed by atoms with E-state index in [1.807, 2.05) is 60.8 Å². The topological polar surface area (TPSA) is 72.6 Å². The first-order valence-electron chi connectivity index (χ1n) is 10.7. The molecule has 7 heteroatoms. The molecule has 2 aromatic carbocycles. The van der Waals surface area contributed by atoms with Crippen molar-refractivity contribution in [3.8, 4) is 10.6 Å². The molecule has 5 rings (SSSR count). The number of aromatic nitrogens is 1. The van der Waals surface area contributed by atoms with Crippen LogP contribution in [0, 0.1) is 6.92 Å². The number of amides is 1. The van der Waals surface area contributed by atoms with Crippen LogP contribution in [0.5, 0.6) is 0 Å². The van der Waals surface area contributed by atoms with E-state index in [1.54, 1.807) is 12.1 Å². The Hall–Kier alpha value is -3.71. The predicted octanol–water partition coefficient (Wildman–Crippen LogP) is 5.02. The molecule has 6 nitrogen and oxygen atoms in total. The Balaban J connectivity index is 1.32. The molecule has 0 spiro atoms. The van der Waals surface area contributed by atoms with Crippen LogP contribution in [0.2, 0.25) is 0 Å². The van der Waals surface area contributed by atoms with Crippen molar-refractivity contribution in [1.82, 2.24) is 9.88 Å². The maximum Gasteiger partial charge on any atom is 0.329 e. The molecular weight excluding hydrogens is 436 g/mol. The van der Waals surface area contributed by atoms with Gasteiger partial charge in [-0.1, -0.05) is 54.1 Å². The van der Waals surface area contributed by atoms with Crippen LogP contribution in [0.3, 0.4) is 0 Å². The van der Waals surface area contributed by atoms with Crippen LogP contribution < -0.4 is 0 Å². The number of ether oxygens (including phenoxy) is 1. The lowest BCUT2D eigenvalue weighted by Crippen LogP contribution is -2.49. The lowest BCUT2D eigenvalue weighted by molar-refractivity contribution is -0.151. The highest BCUT2D eigenvalue weighted by molar-refractivity contribution is 7.13. The summed E-state index contributed by atoms with van der Waals surface area (Å²) in [6, 6.07) is 18.5. The number of hydrogen-bond acceptors (Lipinski definition) is 6. The number of furan rings is 1. The van der Waals surface area contributed by atoms with Crippen molar-refractivity contribution in [1.29, 1.82) is 0 Å². The molecule has 1 atom stereocenters. The second-order valence-corrected chi connectivity index (χ2v) is 8.87. The summed E-state index contributed by atoms with van der Waals surface area (Å²) in [5.41, 5.74) is 4.96. The molecule has 0 aliphatic carbocycles. The van der Waals surface area contributed by atoms with Gasteiger partial charge in [0.25, 0.3) is 5.91 Å². The third-order valence-electron chi connectivity index (χ3n) is 5.73. The van der Waals surface area contributed by atoms with Crippen LogP contribution in [0.15, 0.2) is 76.7 Å². The summed E-state index contributed by atoms with van der Waals surface area (Å²) >= 11 is 1.51. The molecule has 1 aliphatic heterocycles. The molecule has 0 fully saturated rings. The second kappa shape index (κ2) is 9.03. The maximum atomic E-state index is 13.1. The van der Waals surface area contributed by atoms with Gasteiger partial charge in [-0.05, 0) is 30.2 Å². The van der Waals surface area contributed by atoms with E-state index in [0.29, 0.717) is 18.7 Å². The number of rotatable bonds is 5. The Morgan fingerprint density at radius 3 is 2.64 bits per heavy atom.